The highest BCUT2D eigenvalue weighted by Gasteiger charge is 2.23. The summed E-state index contributed by atoms with van der Waals surface area (Å²) in [7, 11) is 0. The Balaban J connectivity index is 1.50. The second-order valence-corrected chi connectivity index (χ2v) is 10.5. The van der Waals surface area contributed by atoms with Crippen LogP contribution in [-0.2, 0) is 0 Å². The van der Waals surface area contributed by atoms with Crippen LogP contribution < -0.4 is 0 Å². The Kier molecular flexibility index (Phi) is 3.42. The molecular weight excluding hydrogens is 458 g/mol. The van der Waals surface area contributed by atoms with Crippen molar-refractivity contribution in [3.05, 3.63) is 103 Å². The van der Waals surface area contributed by atoms with Crippen LogP contribution >= 0.6 is 11.3 Å². The van der Waals surface area contributed by atoms with Gasteiger partial charge in [0.25, 0.3) is 0 Å². The highest BCUT2D eigenvalue weighted by molar-refractivity contribution is 7.26. The van der Waals surface area contributed by atoms with Crippen LogP contribution in [0.15, 0.2) is 103 Å². The van der Waals surface area contributed by atoms with Crippen molar-refractivity contribution in [1.82, 2.24) is 14.4 Å². The summed E-state index contributed by atoms with van der Waals surface area (Å²) < 4.78 is 4.99. The summed E-state index contributed by atoms with van der Waals surface area (Å²) in [6.07, 6.45) is 0. The van der Waals surface area contributed by atoms with Crippen LogP contribution in [-0.4, -0.2) is 14.4 Å². The maximum atomic E-state index is 5.25. The molecule has 166 valence electrons. The van der Waals surface area contributed by atoms with Crippen molar-refractivity contribution in [2.75, 3.05) is 0 Å². The highest BCUT2D eigenvalue weighted by Crippen LogP contribution is 2.47. The van der Waals surface area contributed by atoms with Crippen molar-refractivity contribution in [2.24, 2.45) is 0 Å². The van der Waals surface area contributed by atoms with Crippen molar-refractivity contribution in [3.63, 3.8) is 0 Å². The summed E-state index contributed by atoms with van der Waals surface area (Å²) in [6, 6.07) is 36.6. The number of benzene rings is 5. The second-order valence-electron chi connectivity index (χ2n) is 9.44. The maximum absolute atomic E-state index is 5.25. The molecule has 0 fully saturated rings. The largest absolute Gasteiger partial charge is 0.291 e. The van der Waals surface area contributed by atoms with Crippen molar-refractivity contribution in [2.45, 2.75) is 0 Å². The zero-order chi connectivity index (χ0) is 23.4. The highest BCUT2D eigenvalue weighted by atomic mass is 32.1. The molecule has 0 aliphatic heterocycles. The Morgan fingerprint density at radius 2 is 1.39 bits per heavy atom. The molecule has 0 saturated heterocycles. The van der Waals surface area contributed by atoms with Crippen LogP contribution in [0.1, 0.15) is 0 Å². The summed E-state index contributed by atoms with van der Waals surface area (Å²) in [6.45, 7) is 0. The predicted molar refractivity (Wildman–Crippen MR) is 153 cm³/mol. The van der Waals surface area contributed by atoms with Gasteiger partial charge in [-0.05, 0) is 41.5 Å². The number of aromatic nitrogens is 3. The first-order valence-corrected chi connectivity index (χ1v) is 12.9. The normalized spacial score (nSPS) is 12.4. The first-order valence-electron chi connectivity index (χ1n) is 12.1. The summed E-state index contributed by atoms with van der Waals surface area (Å²) in [5, 5.41) is 6.37. The van der Waals surface area contributed by atoms with Crippen LogP contribution in [0.5, 0.6) is 0 Å². The van der Waals surface area contributed by atoms with Gasteiger partial charge in [-0.3, -0.25) is 4.40 Å². The molecule has 36 heavy (non-hydrogen) atoms. The van der Waals surface area contributed by atoms with Crippen LogP contribution in [0.3, 0.4) is 0 Å². The van der Waals surface area contributed by atoms with E-state index in [4.69, 9.17) is 9.97 Å². The Morgan fingerprint density at radius 1 is 0.583 bits per heavy atom. The number of fused-ring (bicyclic) bond motifs is 11. The molecule has 0 radical (unpaired) electrons. The fraction of sp³-hybridized carbons (Fsp3) is 0. The predicted octanol–water partition coefficient (Wildman–Crippen LogP) is 8.81. The monoisotopic (exact) mass is 475 g/mol. The van der Waals surface area contributed by atoms with E-state index >= 15 is 0 Å². The van der Waals surface area contributed by atoms with Gasteiger partial charge >= 0.3 is 0 Å². The summed E-state index contributed by atoms with van der Waals surface area (Å²) in [5.41, 5.74) is 8.50. The van der Waals surface area contributed by atoms with Gasteiger partial charge in [0.05, 0.1) is 22.1 Å². The number of thiophene rings is 1. The van der Waals surface area contributed by atoms with E-state index in [1.807, 2.05) is 17.4 Å². The minimum atomic E-state index is 0.916. The van der Waals surface area contributed by atoms with Crippen LogP contribution in [0.2, 0.25) is 0 Å². The lowest BCUT2D eigenvalue weighted by molar-refractivity contribution is 1.28. The number of rotatable bonds is 1. The van der Waals surface area contributed by atoms with E-state index in [-0.39, 0.29) is 0 Å². The molecule has 9 aromatic rings. The summed E-state index contributed by atoms with van der Waals surface area (Å²) in [5.74, 6) is 0. The Morgan fingerprint density at radius 3 is 2.31 bits per heavy atom. The minimum absolute atomic E-state index is 0.916. The molecule has 0 atom stereocenters. The average molecular weight is 476 g/mol. The summed E-state index contributed by atoms with van der Waals surface area (Å²) >= 11 is 1.88. The third kappa shape index (κ3) is 2.27. The van der Waals surface area contributed by atoms with Gasteiger partial charge in [-0.25, -0.2) is 9.97 Å². The van der Waals surface area contributed by atoms with Gasteiger partial charge < -0.3 is 0 Å². The first-order chi connectivity index (χ1) is 17.8. The molecule has 4 heterocycles. The summed E-state index contributed by atoms with van der Waals surface area (Å²) in [4.78, 5) is 10.4. The van der Waals surface area contributed by atoms with Crippen molar-refractivity contribution in [1.29, 1.82) is 0 Å². The van der Waals surface area contributed by atoms with Gasteiger partial charge in [0, 0.05) is 36.3 Å². The Labute approximate surface area is 209 Å². The van der Waals surface area contributed by atoms with E-state index in [1.54, 1.807) is 0 Å². The molecule has 0 aliphatic carbocycles. The van der Waals surface area contributed by atoms with Gasteiger partial charge in [-0.2, -0.15) is 0 Å². The molecular formula is C32H17N3S. The standard InChI is InChI=1S/C32H17N3S/c1-2-8-18(9-3-1)19-14-15-24-25(16-19)33-29-23-17-22-20-10-5-7-13-27(20)36-31(22)28-21-11-4-6-12-26(21)35(30(23)28)32(29)34-24/h1-17H. The van der Waals surface area contributed by atoms with Gasteiger partial charge in [-0.15, -0.1) is 11.3 Å². The quantitative estimate of drug-likeness (QED) is 0.237. The molecule has 4 heteroatoms. The fourth-order valence-corrected chi connectivity index (χ4v) is 7.17. The van der Waals surface area contributed by atoms with E-state index in [9.17, 15) is 0 Å². The van der Waals surface area contributed by atoms with Gasteiger partial charge in [0.1, 0.15) is 5.52 Å². The van der Waals surface area contributed by atoms with E-state index < -0.39 is 0 Å². The molecule has 0 amide bonds. The van der Waals surface area contributed by atoms with Crippen LogP contribution in [0.25, 0.3) is 80.7 Å². The lowest BCUT2D eigenvalue weighted by Gasteiger charge is -2.04. The smallest absolute Gasteiger partial charge is 0.165 e. The molecule has 5 aromatic carbocycles. The first kappa shape index (κ1) is 18.7. The third-order valence-electron chi connectivity index (χ3n) is 7.50. The molecule has 0 aliphatic rings. The van der Waals surface area contributed by atoms with Crippen molar-refractivity contribution < 1.29 is 0 Å². The van der Waals surface area contributed by atoms with Gasteiger partial charge in [0.15, 0.2) is 5.65 Å². The molecule has 0 saturated carbocycles. The minimum Gasteiger partial charge on any atom is -0.291 e. The van der Waals surface area contributed by atoms with Crippen LogP contribution in [0.4, 0.5) is 0 Å². The zero-order valence-electron chi connectivity index (χ0n) is 19.1. The lowest BCUT2D eigenvalue weighted by Crippen LogP contribution is -1.90. The molecule has 0 bridgehead atoms. The number of hydrogen-bond acceptors (Lipinski definition) is 3. The number of para-hydroxylation sites is 1. The third-order valence-corrected chi connectivity index (χ3v) is 8.70. The second kappa shape index (κ2) is 6.56. The van der Waals surface area contributed by atoms with E-state index in [1.165, 1.54) is 52.9 Å². The molecule has 0 unspecified atom stereocenters. The molecule has 9 rings (SSSR count). The molecule has 0 N–H and O–H groups in total. The molecule has 3 nitrogen and oxygen atoms in total. The Bertz CT molecular complexity index is 2310. The van der Waals surface area contributed by atoms with Gasteiger partial charge in [-0.1, -0.05) is 72.8 Å². The molecule has 4 aromatic heterocycles. The number of nitrogens with zero attached hydrogens (tertiary/aromatic N) is 3. The SMILES string of the molecule is c1ccc(-c2ccc3nc4c(nc3c2)c2cc3c5ccccc5sc3c3c5ccccc5n4c23)cc1. The fourth-order valence-electron chi connectivity index (χ4n) is 5.92. The average Bonchev–Trinajstić information content (AvgIpc) is 3.58. The van der Waals surface area contributed by atoms with Crippen molar-refractivity contribution in [3.8, 4) is 11.1 Å². The number of hydrogen-bond donors (Lipinski definition) is 0. The zero-order valence-corrected chi connectivity index (χ0v) is 19.9. The van der Waals surface area contributed by atoms with Crippen molar-refractivity contribution >= 4 is 80.9 Å². The Hall–Kier alpha value is -4.54. The lowest BCUT2D eigenvalue weighted by atomic mass is 10.0. The van der Waals surface area contributed by atoms with Crippen LogP contribution in [0, 0.1) is 0 Å². The van der Waals surface area contributed by atoms with Gasteiger partial charge in [0.2, 0.25) is 0 Å². The molecule has 0 spiro atoms. The van der Waals surface area contributed by atoms with E-state index in [2.05, 4.69) is 101 Å². The van der Waals surface area contributed by atoms with E-state index in [0.717, 1.165) is 27.8 Å². The van der Waals surface area contributed by atoms with E-state index in [0.29, 0.717) is 0 Å². The maximum Gasteiger partial charge on any atom is 0.165 e. The topological polar surface area (TPSA) is 30.2 Å².